The third-order valence-electron chi connectivity index (χ3n) is 6.42. The van der Waals surface area contributed by atoms with E-state index < -0.39 is 71.6 Å². The molecule has 0 unspecified atom stereocenters. The predicted molar refractivity (Wildman–Crippen MR) is 151 cm³/mol. The maximum atomic E-state index is 13.3. The highest BCUT2D eigenvalue weighted by molar-refractivity contribution is 7.97. The van der Waals surface area contributed by atoms with Gasteiger partial charge in [-0.25, -0.2) is 4.79 Å². The van der Waals surface area contributed by atoms with Crippen molar-refractivity contribution in [2.24, 2.45) is 27.7 Å². The molecule has 0 aliphatic carbocycles. The smallest absolute Gasteiger partial charge is 0.326 e. The van der Waals surface area contributed by atoms with Crippen LogP contribution in [0.2, 0.25) is 0 Å². The maximum absolute atomic E-state index is 13.3. The molecule has 0 spiro atoms. The highest BCUT2D eigenvalue weighted by atomic mass is 32.2. The molecule has 1 fully saturated rings. The van der Waals surface area contributed by atoms with Gasteiger partial charge in [-0.05, 0) is 38.0 Å². The van der Waals surface area contributed by atoms with Gasteiger partial charge in [-0.15, -0.1) is 4.91 Å². The number of carboxylic acids is 1. The molecule has 6 amide bonds. The fourth-order valence-corrected chi connectivity index (χ4v) is 4.75. The van der Waals surface area contributed by atoms with Crippen LogP contribution in [0, 0.1) is 10.8 Å². The molecular formula is C24H40N8O9S. The molecule has 0 aromatic carbocycles. The second-order valence-corrected chi connectivity index (χ2v) is 11.1. The number of likely N-dealkylation sites (tertiary alicyclic amines) is 1. The zero-order valence-electron chi connectivity index (χ0n) is 23.6. The van der Waals surface area contributed by atoms with E-state index in [1.54, 1.807) is 0 Å². The molecule has 1 aliphatic rings. The summed E-state index contributed by atoms with van der Waals surface area (Å²) in [6.45, 7) is 3.81. The molecule has 236 valence electrons. The van der Waals surface area contributed by atoms with Crippen molar-refractivity contribution in [2.45, 2.75) is 89.0 Å². The van der Waals surface area contributed by atoms with Crippen LogP contribution in [0.1, 0.15) is 58.8 Å². The number of amides is 6. The van der Waals surface area contributed by atoms with Gasteiger partial charge in [0.25, 0.3) is 0 Å². The van der Waals surface area contributed by atoms with Gasteiger partial charge >= 0.3 is 5.97 Å². The average molecular weight is 618 g/mol. The number of primary amides is 2. The van der Waals surface area contributed by atoms with Crippen molar-refractivity contribution in [3.63, 3.8) is 0 Å². The lowest BCUT2D eigenvalue weighted by Crippen LogP contribution is -2.59. The van der Waals surface area contributed by atoms with Gasteiger partial charge in [-0.3, -0.25) is 28.8 Å². The van der Waals surface area contributed by atoms with Crippen molar-refractivity contribution in [3.05, 3.63) is 4.91 Å². The Kier molecular flexibility index (Phi) is 15.4. The molecule has 17 nitrogen and oxygen atoms in total. The van der Waals surface area contributed by atoms with Crippen molar-refractivity contribution in [1.82, 2.24) is 20.9 Å². The maximum Gasteiger partial charge on any atom is 0.326 e. The van der Waals surface area contributed by atoms with E-state index >= 15 is 0 Å². The molecule has 5 atom stereocenters. The predicted octanol–water partition coefficient (Wildman–Crippen LogP) is -2.16. The van der Waals surface area contributed by atoms with Crippen LogP contribution in [-0.2, 0) is 33.6 Å². The number of rotatable bonds is 19. The van der Waals surface area contributed by atoms with Crippen LogP contribution in [0.3, 0.4) is 0 Å². The Hall–Kier alpha value is -3.80. The number of nitrogens with zero attached hydrogens (tertiary/aromatic N) is 2. The summed E-state index contributed by atoms with van der Waals surface area (Å²) in [6, 6.07) is -6.26. The minimum Gasteiger partial charge on any atom is -0.480 e. The monoisotopic (exact) mass is 617 g/mol. The van der Waals surface area contributed by atoms with E-state index in [4.69, 9.17) is 17.2 Å². The van der Waals surface area contributed by atoms with Crippen LogP contribution in [0.25, 0.3) is 0 Å². The highest BCUT2D eigenvalue weighted by Crippen LogP contribution is 2.20. The molecule has 0 aromatic rings. The van der Waals surface area contributed by atoms with Gasteiger partial charge in [-0.1, -0.05) is 13.8 Å². The Morgan fingerprint density at radius 2 is 1.40 bits per heavy atom. The van der Waals surface area contributed by atoms with E-state index in [1.807, 2.05) is 13.8 Å². The summed E-state index contributed by atoms with van der Waals surface area (Å²) >= 11 is 0.422. The molecule has 0 bridgehead atoms. The molecule has 1 aliphatic heterocycles. The van der Waals surface area contributed by atoms with E-state index in [-0.39, 0.29) is 50.3 Å². The lowest BCUT2D eigenvalue weighted by atomic mass is 10.0. The molecule has 18 heteroatoms. The van der Waals surface area contributed by atoms with Crippen LogP contribution >= 0.6 is 11.9 Å². The molecule has 0 radical (unpaired) electrons. The molecule has 42 heavy (non-hydrogen) atoms. The number of carbonyl (C=O) groups excluding carboxylic acids is 6. The van der Waals surface area contributed by atoms with Gasteiger partial charge in [-0.2, -0.15) is 0 Å². The summed E-state index contributed by atoms with van der Waals surface area (Å²) in [7, 11) is 0. The molecule has 0 aromatic heterocycles. The third kappa shape index (κ3) is 12.4. The summed E-state index contributed by atoms with van der Waals surface area (Å²) in [4.78, 5) is 98.5. The second kappa shape index (κ2) is 17.9. The minimum absolute atomic E-state index is 0.0695. The van der Waals surface area contributed by atoms with Gasteiger partial charge in [0, 0.05) is 41.7 Å². The van der Waals surface area contributed by atoms with E-state index in [0.717, 1.165) is 4.90 Å². The van der Waals surface area contributed by atoms with Crippen LogP contribution in [0.5, 0.6) is 0 Å². The van der Waals surface area contributed by atoms with Gasteiger partial charge in [0.2, 0.25) is 35.4 Å². The molecule has 10 N–H and O–H groups in total. The second-order valence-electron chi connectivity index (χ2n) is 10.3. The van der Waals surface area contributed by atoms with Crippen LogP contribution in [-0.4, -0.2) is 93.9 Å². The van der Waals surface area contributed by atoms with E-state index in [2.05, 4.69) is 20.5 Å². The number of nitrogens with two attached hydrogens (primary N) is 3. The van der Waals surface area contributed by atoms with E-state index in [0.29, 0.717) is 24.8 Å². The standard InChI is InChI=1S/C24H40N8O9S/c1-12(2)10-13(25)20(35)28-14(5-7-18(26)33)21(36)29-15(6-8-19(27)34)22(37)30-16(11-42-31-41)23(38)32-9-3-4-17(32)24(39)40/h12-17H,3-11,25H2,1-2H3,(H2,26,33)(H2,27,34)(H,28,35)(H,29,36)(H,30,37)(H,39,40)/t13-,14-,15-,16-,17-/m0/s1/i31+1. The fourth-order valence-electron chi connectivity index (χ4n) is 4.32. The lowest BCUT2D eigenvalue weighted by molar-refractivity contribution is -0.149. The quantitative estimate of drug-likeness (QED) is 0.0465. The normalized spacial score (nSPS) is 17.4. The zero-order valence-corrected chi connectivity index (χ0v) is 24.4. The zero-order chi connectivity index (χ0) is 32.0. The largest absolute Gasteiger partial charge is 0.480 e. The number of hydrogen-bond acceptors (Lipinski definition) is 11. The molecule has 0 saturated carbocycles. The van der Waals surface area contributed by atoms with Gasteiger partial charge < -0.3 is 43.2 Å². The Bertz CT molecular complexity index is 1030. The topological polar surface area (TPSA) is 287 Å². The summed E-state index contributed by atoms with van der Waals surface area (Å²) in [5, 5.41) is 16.7. The first-order chi connectivity index (χ1) is 19.7. The molecule has 1 heterocycles. The van der Waals surface area contributed by atoms with E-state index in [1.165, 1.54) is 0 Å². The summed E-state index contributed by atoms with van der Waals surface area (Å²) in [5.41, 5.74) is 16.3. The first kappa shape index (κ1) is 36.2. The van der Waals surface area contributed by atoms with Gasteiger partial charge in [0.1, 0.15) is 24.2 Å². The Labute approximate surface area is 246 Å². The van der Waals surface area contributed by atoms with E-state index in [9.17, 15) is 43.6 Å². The fraction of sp³-hybridized carbons (Fsp3) is 0.708. The van der Waals surface area contributed by atoms with Gasteiger partial charge in [0.15, 0.2) is 0 Å². The highest BCUT2D eigenvalue weighted by Gasteiger charge is 2.39. The SMILES string of the molecule is CC(C)C[C@H](N)C(=O)N[C@@H](CCC(N)=O)C(=O)N[C@@H](CCC(N)=O)C(=O)N[C@@H](CS[15N]=O)C(=O)N1CCC[C@H]1C(=O)O. The van der Waals surface area contributed by atoms with Crippen molar-refractivity contribution >= 4 is 53.4 Å². The van der Waals surface area contributed by atoms with Crippen LogP contribution < -0.4 is 33.2 Å². The molecular weight excluding hydrogens is 577 g/mol. The number of hydrogen-bond donors (Lipinski definition) is 7. The number of nitroso groups, excluding NO2 is 1. The average Bonchev–Trinajstić information content (AvgIpc) is 3.40. The van der Waals surface area contributed by atoms with Crippen LogP contribution in [0.15, 0.2) is 4.58 Å². The summed E-state index contributed by atoms with van der Waals surface area (Å²) in [5.74, 6) is -6.32. The number of aliphatic carboxylic acids is 1. The Morgan fingerprint density at radius 1 is 0.905 bits per heavy atom. The minimum atomic E-state index is -1.46. The summed E-state index contributed by atoms with van der Waals surface area (Å²) < 4.78 is 2.63. The number of nitrogens with one attached hydrogen (secondary N) is 3. The third-order valence-corrected chi connectivity index (χ3v) is 7.00. The van der Waals surface area contributed by atoms with Crippen LogP contribution in [0.4, 0.5) is 0 Å². The van der Waals surface area contributed by atoms with Gasteiger partial charge in [0.05, 0.1) is 6.04 Å². The first-order valence-corrected chi connectivity index (χ1v) is 14.3. The summed E-state index contributed by atoms with van der Waals surface area (Å²) in [6.07, 6.45) is -0.244. The Morgan fingerprint density at radius 3 is 1.86 bits per heavy atom. The Balaban J connectivity index is 3.17. The lowest BCUT2D eigenvalue weighted by Gasteiger charge is -2.28. The van der Waals surface area contributed by atoms with Crippen molar-refractivity contribution < 1.29 is 38.7 Å². The first-order valence-electron chi connectivity index (χ1n) is 13.4. The molecule has 1 saturated heterocycles. The molecule has 1 rings (SSSR count). The van der Waals surface area contributed by atoms with Crippen molar-refractivity contribution in [3.8, 4) is 0 Å². The van der Waals surface area contributed by atoms with Crippen molar-refractivity contribution in [1.29, 1.82) is 0 Å². The number of carbonyl (C=O) groups is 7. The number of carboxylic acid groups (broad SMARTS) is 1. The van der Waals surface area contributed by atoms with Crippen molar-refractivity contribution in [2.75, 3.05) is 12.3 Å².